The molecule has 0 saturated heterocycles. The van der Waals surface area contributed by atoms with E-state index in [0.717, 1.165) is 16.8 Å². The molecule has 0 atom stereocenters. The fourth-order valence-corrected chi connectivity index (χ4v) is 2.66. The summed E-state index contributed by atoms with van der Waals surface area (Å²) in [6.07, 6.45) is 5.23. The Morgan fingerprint density at radius 3 is 2.58 bits per heavy atom. The number of amides is 1. The van der Waals surface area contributed by atoms with Gasteiger partial charge >= 0.3 is 0 Å². The highest BCUT2D eigenvalue weighted by molar-refractivity contribution is 5.93. The highest BCUT2D eigenvalue weighted by Gasteiger charge is 2.16. The number of anilines is 1. The molecule has 1 N–H and O–H groups in total. The molecule has 2 aromatic heterocycles. The first-order valence-corrected chi connectivity index (χ1v) is 8.68. The molecule has 0 aliphatic rings. The lowest BCUT2D eigenvalue weighted by atomic mass is 10.2. The van der Waals surface area contributed by atoms with Gasteiger partial charge in [0.25, 0.3) is 5.91 Å². The maximum atomic E-state index is 12.8. The molecule has 0 bridgehead atoms. The van der Waals surface area contributed by atoms with Gasteiger partial charge in [-0.25, -0.2) is 0 Å². The average Bonchev–Trinajstić information content (AvgIpc) is 2.72. The second-order valence-electron chi connectivity index (χ2n) is 5.95. The van der Waals surface area contributed by atoms with Crippen LogP contribution in [0.4, 0.5) is 5.69 Å². The molecule has 3 rings (SSSR count). The van der Waals surface area contributed by atoms with E-state index in [0.29, 0.717) is 25.3 Å². The van der Waals surface area contributed by atoms with E-state index in [1.165, 1.54) is 0 Å². The van der Waals surface area contributed by atoms with E-state index >= 15 is 0 Å². The van der Waals surface area contributed by atoms with Crippen molar-refractivity contribution in [1.82, 2.24) is 14.9 Å². The second kappa shape index (κ2) is 8.76. The normalized spacial score (nSPS) is 10.3. The molecule has 0 saturated carbocycles. The third-order valence-electron chi connectivity index (χ3n) is 4.08. The average molecular weight is 346 g/mol. The van der Waals surface area contributed by atoms with Crippen LogP contribution in [0.3, 0.4) is 0 Å². The van der Waals surface area contributed by atoms with Crippen LogP contribution in [0.25, 0.3) is 0 Å². The molecule has 1 amide bonds. The first kappa shape index (κ1) is 17.6. The molecule has 0 spiro atoms. The minimum Gasteiger partial charge on any atom is -0.381 e. The molecule has 0 fully saturated rings. The molecule has 5 heteroatoms. The summed E-state index contributed by atoms with van der Waals surface area (Å²) in [6.45, 7) is 3.83. The van der Waals surface area contributed by atoms with E-state index in [4.69, 9.17) is 0 Å². The van der Waals surface area contributed by atoms with Gasteiger partial charge in [0.1, 0.15) is 5.69 Å². The van der Waals surface area contributed by atoms with E-state index in [1.54, 1.807) is 23.4 Å². The first-order valence-electron chi connectivity index (χ1n) is 8.68. The van der Waals surface area contributed by atoms with Crippen molar-refractivity contribution < 1.29 is 4.79 Å². The highest BCUT2D eigenvalue weighted by Crippen LogP contribution is 2.13. The third kappa shape index (κ3) is 4.66. The number of rotatable bonds is 7. The van der Waals surface area contributed by atoms with Gasteiger partial charge in [-0.1, -0.05) is 36.4 Å². The number of benzene rings is 1. The van der Waals surface area contributed by atoms with Gasteiger partial charge in [0.15, 0.2) is 0 Å². The molecule has 26 heavy (non-hydrogen) atoms. The Labute approximate surface area is 153 Å². The Balaban J connectivity index is 1.68. The van der Waals surface area contributed by atoms with Crippen molar-refractivity contribution in [3.05, 3.63) is 90.0 Å². The smallest absolute Gasteiger partial charge is 0.272 e. The minimum atomic E-state index is -0.0682. The molecule has 5 nitrogen and oxygen atoms in total. The minimum absolute atomic E-state index is 0.0682. The van der Waals surface area contributed by atoms with Crippen molar-refractivity contribution >= 4 is 11.6 Å². The zero-order valence-corrected chi connectivity index (χ0v) is 14.8. The lowest BCUT2D eigenvalue weighted by Gasteiger charge is -2.21. The van der Waals surface area contributed by atoms with Crippen LogP contribution in [0.5, 0.6) is 0 Å². The Morgan fingerprint density at radius 1 is 1.04 bits per heavy atom. The van der Waals surface area contributed by atoms with Gasteiger partial charge in [0, 0.05) is 43.9 Å². The van der Waals surface area contributed by atoms with Gasteiger partial charge in [0.05, 0.1) is 0 Å². The van der Waals surface area contributed by atoms with Crippen molar-refractivity contribution in [3.8, 4) is 0 Å². The van der Waals surface area contributed by atoms with Crippen LogP contribution in [-0.2, 0) is 13.1 Å². The van der Waals surface area contributed by atoms with Crippen LogP contribution in [0, 0.1) is 0 Å². The van der Waals surface area contributed by atoms with Gasteiger partial charge in [-0.2, -0.15) is 0 Å². The molecule has 1 aromatic carbocycles. The van der Waals surface area contributed by atoms with Gasteiger partial charge in [-0.05, 0) is 36.2 Å². The summed E-state index contributed by atoms with van der Waals surface area (Å²) in [5.41, 5.74) is 3.49. The summed E-state index contributed by atoms with van der Waals surface area (Å²) in [6, 6.07) is 17.6. The van der Waals surface area contributed by atoms with Crippen molar-refractivity contribution in [2.45, 2.75) is 20.0 Å². The SMILES string of the molecule is CCN(Cc1ccccc1)C(=O)c1cc(NCc2cccnc2)ccn1. The number of nitrogens with zero attached hydrogens (tertiary/aromatic N) is 3. The number of hydrogen-bond donors (Lipinski definition) is 1. The topological polar surface area (TPSA) is 58.1 Å². The van der Waals surface area contributed by atoms with E-state index < -0.39 is 0 Å². The van der Waals surface area contributed by atoms with E-state index in [1.807, 2.05) is 61.7 Å². The van der Waals surface area contributed by atoms with Crippen molar-refractivity contribution in [3.63, 3.8) is 0 Å². The molecular weight excluding hydrogens is 324 g/mol. The summed E-state index contributed by atoms with van der Waals surface area (Å²) >= 11 is 0. The Bertz CT molecular complexity index is 837. The molecule has 132 valence electrons. The Hall–Kier alpha value is -3.21. The molecule has 3 aromatic rings. The second-order valence-corrected chi connectivity index (χ2v) is 5.95. The van der Waals surface area contributed by atoms with E-state index in [2.05, 4.69) is 15.3 Å². The molecule has 0 aliphatic heterocycles. The maximum absolute atomic E-state index is 12.8. The molecule has 0 aliphatic carbocycles. The number of carbonyl (C=O) groups excluding carboxylic acids is 1. The van der Waals surface area contributed by atoms with Crippen LogP contribution in [-0.4, -0.2) is 27.3 Å². The zero-order chi connectivity index (χ0) is 18.2. The lowest BCUT2D eigenvalue weighted by Crippen LogP contribution is -2.31. The standard InChI is InChI=1S/C21H22N4O/c1-2-25(16-17-7-4-3-5-8-17)21(26)20-13-19(10-12-23-20)24-15-18-9-6-11-22-14-18/h3-14H,2,15-16H2,1H3,(H,23,24). The highest BCUT2D eigenvalue weighted by atomic mass is 16.2. The number of carbonyl (C=O) groups is 1. The monoisotopic (exact) mass is 346 g/mol. The summed E-state index contributed by atoms with van der Waals surface area (Å²) in [5, 5.41) is 3.31. The maximum Gasteiger partial charge on any atom is 0.272 e. The number of hydrogen-bond acceptors (Lipinski definition) is 4. The fraction of sp³-hybridized carbons (Fsp3) is 0.190. The van der Waals surface area contributed by atoms with Gasteiger partial charge in [0.2, 0.25) is 0 Å². The number of aromatic nitrogens is 2. The predicted octanol–water partition coefficient (Wildman–Crippen LogP) is 3.75. The van der Waals surface area contributed by atoms with Crippen LogP contribution < -0.4 is 5.32 Å². The van der Waals surface area contributed by atoms with E-state index in [9.17, 15) is 4.79 Å². The largest absolute Gasteiger partial charge is 0.381 e. The van der Waals surface area contributed by atoms with Crippen molar-refractivity contribution in [2.75, 3.05) is 11.9 Å². The Morgan fingerprint density at radius 2 is 1.85 bits per heavy atom. The van der Waals surface area contributed by atoms with Crippen molar-refractivity contribution in [1.29, 1.82) is 0 Å². The lowest BCUT2D eigenvalue weighted by molar-refractivity contribution is 0.0746. The van der Waals surface area contributed by atoms with Crippen LogP contribution in [0.15, 0.2) is 73.2 Å². The first-order chi connectivity index (χ1) is 12.8. The summed E-state index contributed by atoms with van der Waals surface area (Å²) in [7, 11) is 0. The quantitative estimate of drug-likeness (QED) is 0.708. The molecule has 2 heterocycles. The third-order valence-corrected chi connectivity index (χ3v) is 4.08. The Kier molecular flexibility index (Phi) is 5.93. The van der Waals surface area contributed by atoms with Crippen molar-refractivity contribution in [2.24, 2.45) is 0 Å². The number of pyridine rings is 2. The van der Waals surface area contributed by atoms with Gasteiger partial charge in [-0.3, -0.25) is 14.8 Å². The summed E-state index contributed by atoms with van der Waals surface area (Å²) in [5.74, 6) is -0.0682. The van der Waals surface area contributed by atoms with Crippen LogP contribution >= 0.6 is 0 Å². The van der Waals surface area contributed by atoms with Gasteiger partial charge < -0.3 is 10.2 Å². The summed E-state index contributed by atoms with van der Waals surface area (Å²) < 4.78 is 0. The fourth-order valence-electron chi connectivity index (χ4n) is 2.66. The molecular formula is C21H22N4O. The molecule has 0 radical (unpaired) electrons. The number of nitrogens with one attached hydrogen (secondary N) is 1. The zero-order valence-electron chi connectivity index (χ0n) is 14.8. The van der Waals surface area contributed by atoms with Gasteiger partial charge in [-0.15, -0.1) is 0 Å². The predicted molar refractivity (Wildman–Crippen MR) is 103 cm³/mol. The summed E-state index contributed by atoms with van der Waals surface area (Å²) in [4.78, 5) is 23.0. The van der Waals surface area contributed by atoms with E-state index in [-0.39, 0.29) is 5.91 Å². The van der Waals surface area contributed by atoms with Crippen LogP contribution in [0.2, 0.25) is 0 Å². The van der Waals surface area contributed by atoms with Crippen LogP contribution in [0.1, 0.15) is 28.5 Å². The molecule has 0 unspecified atom stereocenters.